The minimum Gasteiger partial charge on any atom is -0.488 e. The number of rotatable bonds is 9. The Morgan fingerprint density at radius 1 is 1.18 bits per heavy atom. The summed E-state index contributed by atoms with van der Waals surface area (Å²) in [5.41, 5.74) is 2.21. The number of nitrogens with zero attached hydrogens (tertiary/aromatic N) is 2. The van der Waals surface area contributed by atoms with Crippen LogP contribution in [0.25, 0.3) is 11.1 Å². The van der Waals surface area contributed by atoms with Gasteiger partial charge >= 0.3 is 7.84 Å². The highest BCUT2D eigenvalue weighted by Crippen LogP contribution is 2.36. The maximum atomic E-state index is 14.0. The minimum absolute atomic E-state index is 0.0374. The summed E-state index contributed by atoms with van der Waals surface area (Å²) in [6.07, 6.45) is 1.33. The number of aryl methyl sites for hydroxylation is 1. The van der Waals surface area contributed by atoms with Crippen LogP contribution >= 0.6 is 45.2 Å². The third-order valence-corrected chi connectivity index (χ3v) is 8.47. The summed E-state index contributed by atoms with van der Waals surface area (Å²) in [5, 5.41) is 19.2. The maximum Gasteiger partial charge on any atom is 0.350 e. The SMILES string of the molecule is CC1(C)CCc2cc(S(=O)(=O)N(CC(=O)O)Cc3cc(C#N)cc(-c4cccc(OC(F)(I)I)c4)c3)ccc2O1. The highest BCUT2D eigenvalue weighted by atomic mass is 127. The van der Waals surface area contributed by atoms with E-state index in [2.05, 4.69) is 6.07 Å². The molecule has 210 valence electrons. The van der Waals surface area contributed by atoms with E-state index in [0.29, 0.717) is 35.3 Å². The van der Waals surface area contributed by atoms with Crippen LogP contribution in [-0.4, -0.2) is 37.8 Å². The lowest BCUT2D eigenvalue weighted by Gasteiger charge is -2.33. The van der Waals surface area contributed by atoms with Crippen LogP contribution in [0.4, 0.5) is 4.39 Å². The smallest absolute Gasteiger partial charge is 0.350 e. The summed E-state index contributed by atoms with van der Waals surface area (Å²) in [4.78, 5) is 11.7. The average Bonchev–Trinajstić information content (AvgIpc) is 2.86. The molecular weight excluding hydrogens is 765 g/mol. The molecule has 40 heavy (non-hydrogen) atoms. The predicted octanol–water partition coefficient (Wildman–Crippen LogP) is 6.43. The summed E-state index contributed by atoms with van der Waals surface area (Å²) >= 11 is 3.02. The fourth-order valence-corrected chi connectivity index (χ4v) is 6.35. The molecule has 8 nitrogen and oxygen atoms in total. The van der Waals surface area contributed by atoms with E-state index in [-0.39, 0.29) is 28.4 Å². The van der Waals surface area contributed by atoms with Crippen molar-refractivity contribution in [2.24, 2.45) is 0 Å². The van der Waals surface area contributed by atoms with Crippen molar-refractivity contribution in [3.05, 3.63) is 77.4 Å². The molecule has 0 saturated carbocycles. The van der Waals surface area contributed by atoms with Gasteiger partial charge in [0, 0.05) is 51.7 Å². The summed E-state index contributed by atoms with van der Waals surface area (Å²) in [7, 11) is -4.23. The molecule has 1 heterocycles. The molecule has 0 fully saturated rings. The molecule has 3 aromatic rings. The summed E-state index contributed by atoms with van der Waals surface area (Å²) < 4.78 is 51.5. The number of nitriles is 1. The lowest BCUT2D eigenvalue weighted by atomic mass is 9.94. The van der Waals surface area contributed by atoms with Crippen molar-refractivity contribution < 1.29 is 32.2 Å². The lowest BCUT2D eigenvalue weighted by molar-refractivity contribution is -0.137. The first-order valence-corrected chi connectivity index (χ1v) is 15.7. The fraction of sp³-hybridized carbons (Fsp3) is 0.286. The number of ether oxygens (including phenoxy) is 2. The second-order valence-electron chi connectivity index (χ2n) is 9.90. The molecule has 0 aromatic heterocycles. The predicted molar refractivity (Wildman–Crippen MR) is 164 cm³/mol. The Morgan fingerprint density at radius 2 is 1.93 bits per heavy atom. The Balaban J connectivity index is 1.69. The minimum atomic E-state index is -4.23. The number of alkyl halides is 3. The van der Waals surface area contributed by atoms with E-state index in [0.717, 1.165) is 9.87 Å². The topological polar surface area (TPSA) is 117 Å². The number of carbonyl (C=O) groups is 1. The second kappa shape index (κ2) is 11.8. The van der Waals surface area contributed by atoms with Crippen LogP contribution in [0.2, 0.25) is 0 Å². The van der Waals surface area contributed by atoms with Crippen molar-refractivity contribution in [2.75, 3.05) is 6.54 Å². The Hall–Kier alpha value is -2.48. The van der Waals surface area contributed by atoms with Crippen LogP contribution < -0.4 is 9.47 Å². The number of hydrogen-bond acceptors (Lipinski definition) is 6. The van der Waals surface area contributed by atoms with E-state index >= 15 is 0 Å². The van der Waals surface area contributed by atoms with Crippen LogP contribution in [0, 0.1) is 11.3 Å². The number of sulfonamides is 1. The van der Waals surface area contributed by atoms with E-state index in [1.807, 2.05) is 13.8 Å². The molecule has 0 saturated heterocycles. The van der Waals surface area contributed by atoms with Gasteiger partial charge < -0.3 is 14.6 Å². The maximum absolute atomic E-state index is 14.0. The summed E-state index contributed by atoms with van der Waals surface area (Å²) in [5.74, 6) is -0.448. The number of benzene rings is 3. The zero-order valence-corrected chi connectivity index (χ0v) is 26.7. The quantitative estimate of drug-likeness (QED) is 0.196. The average molecular weight is 790 g/mol. The zero-order chi connectivity index (χ0) is 29.3. The van der Waals surface area contributed by atoms with E-state index in [1.165, 1.54) is 63.4 Å². The molecule has 1 aliphatic heterocycles. The first-order valence-electron chi connectivity index (χ1n) is 12.1. The molecule has 12 heteroatoms. The largest absolute Gasteiger partial charge is 0.488 e. The fourth-order valence-electron chi connectivity index (χ4n) is 4.41. The number of carboxylic acid groups (broad SMARTS) is 1. The van der Waals surface area contributed by atoms with Gasteiger partial charge in [-0.25, -0.2) is 8.42 Å². The summed E-state index contributed by atoms with van der Waals surface area (Å²) in [6.45, 7) is 2.86. The standard InChI is InChI=1S/C28H25FI2N2O6S/c1-27(2)9-8-21-14-24(6-7-25(21)39-27)40(36,37)33(17-26(34)35)16-19-10-18(15-32)11-22(12-19)20-4-3-5-23(13-20)38-28(29,30)31/h3-7,10-14H,8-9,16-17H2,1-2H3,(H,34,35). The van der Waals surface area contributed by atoms with Crippen molar-refractivity contribution in [3.63, 3.8) is 0 Å². The third-order valence-electron chi connectivity index (χ3n) is 6.25. The summed E-state index contributed by atoms with van der Waals surface area (Å²) in [6, 6.07) is 18.0. The van der Waals surface area contributed by atoms with E-state index < -0.39 is 24.4 Å². The molecule has 0 radical (unpaired) electrons. The van der Waals surface area contributed by atoms with Gasteiger partial charge in [0.2, 0.25) is 10.0 Å². The Bertz CT molecular complexity index is 1600. The number of carboxylic acids is 1. The highest BCUT2D eigenvalue weighted by molar-refractivity contribution is 14.2. The van der Waals surface area contributed by atoms with Crippen LogP contribution in [0.5, 0.6) is 11.5 Å². The normalized spacial score (nSPS) is 14.6. The van der Waals surface area contributed by atoms with Crippen molar-refractivity contribution in [3.8, 4) is 28.7 Å². The van der Waals surface area contributed by atoms with Gasteiger partial charge in [0.15, 0.2) is 0 Å². The van der Waals surface area contributed by atoms with Gasteiger partial charge in [-0.2, -0.15) is 14.0 Å². The van der Waals surface area contributed by atoms with Crippen LogP contribution in [0.15, 0.2) is 65.6 Å². The Labute approximate surface area is 259 Å². The Morgan fingerprint density at radius 3 is 2.60 bits per heavy atom. The molecule has 4 rings (SSSR count). The van der Waals surface area contributed by atoms with E-state index in [4.69, 9.17) is 9.47 Å². The molecule has 0 amide bonds. The van der Waals surface area contributed by atoms with E-state index in [1.54, 1.807) is 42.5 Å². The second-order valence-corrected chi connectivity index (χ2v) is 16.7. The molecule has 0 unspecified atom stereocenters. The molecule has 0 bridgehead atoms. The monoisotopic (exact) mass is 790 g/mol. The van der Waals surface area contributed by atoms with Crippen molar-refractivity contribution in [1.29, 1.82) is 5.26 Å². The van der Waals surface area contributed by atoms with Gasteiger partial charge in [-0.3, -0.25) is 4.79 Å². The molecule has 1 N–H and O–H groups in total. The molecule has 3 aromatic carbocycles. The van der Waals surface area contributed by atoms with Gasteiger partial charge in [0.05, 0.1) is 16.5 Å². The van der Waals surface area contributed by atoms with Gasteiger partial charge in [0.1, 0.15) is 23.6 Å². The third kappa shape index (κ3) is 7.62. The molecule has 1 aliphatic rings. The number of hydrogen-bond donors (Lipinski definition) is 1. The molecule has 0 spiro atoms. The van der Waals surface area contributed by atoms with Gasteiger partial charge in [0.25, 0.3) is 0 Å². The van der Waals surface area contributed by atoms with Crippen LogP contribution in [0.1, 0.15) is 37.0 Å². The number of aliphatic carboxylic acids is 1. The van der Waals surface area contributed by atoms with Crippen molar-refractivity contribution in [2.45, 2.75) is 45.6 Å². The molecule has 0 atom stereocenters. The zero-order valence-electron chi connectivity index (χ0n) is 21.5. The number of halogens is 3. The number of fused-ring (bicyclic) bond motifs is 1. The van der Waals surface area contributed by atoms with Crippen LogP contribution in [-0.2, 0) is 27.8 Å². The van der Waals surface area contributed by atoms with Gasteiger partial charge in [-0.1, -0.05) is 12.1 Å². The molecular formula is C28H25FI2N2O6S. The first kappa shape index (κ1) is 30.5. The van der Waals surface area contributed by atoms with Crippen LogP contribution in [0.3, 0.4) is 0 Å². The van der Waals surface area contributed by atoms with Crippen molar-refractivity contribution >= 4 is 61.2 Å². The van der Waals surface area contributed by atoms with Gasteiger partial charge in [-0.15, -0.1) is 0 Å². The van der Waals surface area contributed by atoms with Gasteiger partial charge in [-0.05, 0) is 97.5 Å². The van der Waals surface area contributed by atoms with Crippen molar-refractivity contribution in [1.82, 2.24) is 4.31 Å². The van der Waals surface area contributed by atoms with E-state index in [9.17, 15) is 28.0 Å². The highest BCUT2D eigenvalue weighted by Gasteiger charge is 2.31. The lowest BCUT2D eigenvalue weighted by Crippen LogP contribution is -2.36. The first-order chi connectivity index (χ1) is 18.6. The molecule has 0 aliphatic carbocycles. The Kier molecular flexibility index (Phi) is 8.98.